The van der Waals surface area contributed by atoms with Gasteiger partial charge in [-0.1, -0.05) is 78.1 Å². The first-order valence-corrected chi connectivity index (χ1v) is 15.9. The first-order valence-electron chi connectivity index (χ1n) is 15.1. The number of carbonyl (C=O) groups is 1. The van der Waals surface area contributed by atoms with E-state index < -0.39 is 12.0 Å². The molecule has 1 aliphatic heterocycles. The molecule has 1 aliphatic rings. The molecule has 0 unspecified atom stereocenters. The maximum absolute atomic E-state index is 14.2. The molecule has 234 valence electrons. The zero-order chi connectivity index (χ0) is 32.2. The number of allylic oxidation sites excluding steroid dienone is 1. The van der Waals surface area contributed by atoms with Gasteiger partial charge >= 0.3 is 5.97 Å². The number of methoxy groups -OCH3 is 1. The molecule has 9 heteroatoms. The Kier molecular flexibility index (Phi) is 9.03. The molecule has 0 amide bonds. The van der Waals surface area contributed by atoms with Gasteiger partial charge in [0.05, 0.1) is 42.2 Å². The number of thiazole rings is 1. The Morgan fingerprint density at radius 3 is 2.46 bits per heavy atom. The summed E-state index contributed by atoms with van der Waals surface area (Å²) in [5.41, 5.74) is 3.01. The first-order chi connectivity index (χ1) is 22.4. The van der Waals surface area contributed by atoms with E-state index in [4.69, 9.17) is 23.9 Å². The third-order valence-corrected chi connectivity index (χ3v) is 8.77. The topological polar surface area (TPSA) is 88.4 Å². The Bertz CT molecular complexity index is 2120. The van der Waals surface area contributed by atoms with E-state index in [-0.39, 0.29) is 12.2 Å². The van der Waals surface area contributed by atoms with Crippen molar-refractivity contribution in [3.05, 3.63) is 133 Å². The highest BCUT2D eigenvalue weighted by atomic mass is 32.1. The number of fused-ring (bicyclic) bond motifs is 2. The molecule has 8 nitrogen and oxygen atoms in total. The van der Waals surface area contributed by atoms with Gasteiger partial charge in [-0.25, -0.2) is 9.79 Å². The van der Waals surface area contributed by atoms with Crippen molar-refractivity contribution in [3.63, 3.8) is 0 Å². The molecular formula is C37H34N2O6S. The highest BCUT2D eigenvalue weighted by molar-refractivity contribution is 7.07. The number of benzene rings is 4. The monoisotopic (exact) mass is 634 g/mol. The van der Waals surface area contributed by atoms with Crippen LogP contribution in [-0.2, 0) is 16.1 Å². The smallest absolute Gasteiger partial charge is 0.338 e. The predicted molar refractivity (Wildman–Crippen MR) is 179 cm³/mol. The lowest BCUT2D eigenvalue weighted by atomic mass is 9.96. The van der Waals surface area contributed by atoms with Crippen molar-refractivity contribution in [3.8, 4) is 17.2 Å². The number of hydrogen-bond donors (Lipinski definition) is 0. The summed E-state index contributed by atoms with van der Waals surface area (Å²) >= 11 is 1.26. The van der Waals surface area contributed by atoms with Crippen molar-refractivity contribution in [2.24, 2.45) is 4.99 Å². The zero-order valence-electron chi connectivity index (χ0n) is 26.1. The number of aromatic nitrogens is 1. The number of carbonyl (C=O) groups excluding carboxylic acids is 1. The maximum Gasteiger partial charge on any atom is 0.338 e. The van der Waals surface area contributed by atoms with Crippen LogP contribution in [0.15, 0.2) is 106 Å². The second-order valence-electron chi connectivity index (χ2n) is 10.6. The van der Waals surface area contributed by atoms with Crippen LogP contribution in [0.5, 0.6) is 17.2 Å². The van der Waals surface area contributed by atoms with E-state index in [1.807, 2.05) is 73.7 Å². The van der Waals surface area contributed by atoms with Gasteiger partial charge in [0.15, 0.2) is 16.3 Å². The van der Waals surface area contributed by atoms with E-state index in [1.165, 1.54) is 11.3 Å². The molecule has 4 aromatic carbocycles. The third-order valence-electron chi connectivity index (χ3n) is 7.79. The molecule has 5 aromatic rings. The molecule has 0 saturated carbocycles. The lowest BCUT2D eigenvalue weighted by molar-refractivity contribution is -0.139. The summed E-state index contributed by atoms with van der Waals surface area (Å²) in [5.74, 6) is 1.27. The van der Waals surface area contributed by atoms with Gasteiger partial charge in [0.1, 0.15) is 12.4 Å². The Morgan fingerprint density at radius 1 is 0.935 bits per heavy atom. The molecule has 0 saturated heterocycles. The average Bonchev–Trinajstić information content (AvgIpc) is 3.37. The summed E-state index contributed by atoms with van der Waals surface area (Å²) in [6.07, 6.45) is 1.80. The summed E-state index contributed by atoms with van der Waals surface area (Å²) < 4.78 is 25.2. The summed E-state index contributed by atoms with van der Waals surface area (Å²) in [5, 5.41) is 2.24. The highest BCUT2D eigenvalue weighted by Crippen LogP contribution is 2.34. The molecule has 2 heterocycles. The molecule has 6 rings (SSSR count). The van der Waals surface area contributed by atoms with Gasteiger partial charge in [-0.05, 0) is 66.9 Å². The molecular weight excluding hydrogens is 600 g/mol. The van der Waals surface area contributed by atoms with Crippen molar-refractivity contribution in [1.29, 1.82) is 0 Å². The number of para-hydroxylation sites is 1. The van der Waals surface area contributed by atoms with Crippen LogP contribution in [0.2, 0.25) is 0 Å². The molecule has 46 heavy (non-hydrogen) atoms. The van der Waals surface area contributed by atoms with Crippen LogP contribution in [-0.4, -0.2) is 30.9 Å². The minimum atomic E-state index is -0.722. The quantitative estimate of drug-likeness (QED) is 0.177. The second kappa shape index (κ2) is 13.5. The molecule has 1 aromatic heterocycles. The standard InChI is InChI=1S/C37H34N2O6S/c1-5-43-28-19-17-25(18-20-28)33-32(36(41)44-6-2)23(3)38-37-39(33)35(40)31(46-37)21-26-13-10-16-30(42-4)34(26)45-22-27-14-9-12-24-11-7-8-15-29(24)27/h7-21,33H,5-6,22H2,1-4H3/b31-21-/t33-/m1/s1. The van der Waals surface area contributed by atoms with Crippen molar-refractivity contribution >= 4 is 34.2 Å². The number of ether oxygens (including phenoxy) is 4. The lowest BCUT2D eigenvalue weighted by Gasteiger charge is -2.24. The highest BCUT2D eigenvalue weighted by Gasteiger charge is 2.33. The third kappa shape index (κ3) is 5.93. The van der Waals surface area contributed by atoms with Crippen molar-refractivity contribution in [2.45, 2.75) is 33.4 Å². The van der Waals surface area contributed by atoms with E-state index in [9.17, 15) is 9.59 Å². The van der Waals surface area contributed by atoms with Gasteiger partial charge in [0.25, 0.3) is 5.56 Å². The van der Waals surface area contributed by atoms with E-state index in [0.717, 1.165) is 21.9 Å². The van der Waals surface area contributed by atoms with Crippen LogP contribution in [0.25, 0.3) is 16.8 Å². The molecule has 0 spiro atoms. The predicted octanol–water partition coefficient (Wildman–Crippen LogP) is 5.94. The first kappa shape index (κ1) is 30.9. The fraction of sp³-hybridized carbons (Fsp3) is 0.216. The minimum absolute atomic E-state index is 0.202. The normalized spacial score (nSPS) is 14.5. The fourth-order valence-electron chi connectivity index (χ4n) is 5.69. The van der Waals surface area contributed by atoms with Gasteiger partial charge in [-0.2, -0.15) is 0 Å². The van der Waals surface area contributed by atoms with Crippen molar-refractivity contribution in [1.82, 2.24) is 4.57 Å². The summed E-state index contributed by atoms with van der Waals surface area (Å²) in [6.45, 7) is 6.48. The minimum Gasteiger partial charge on any atom is -0.494 e. The Hall–Kier alpha value is -5.15. The van der Waals surface area contributed by atoms with E-state index in [1.54, 1.807) is 31.6 Å². The summed E-state index contributed by atoms with van der Waals surface area (Å²) in [7, 11) is 1.59. The van der Waals surface area contributed by atoms with Gasteiger partial charge in [0, 0.05) is 5.56 Å². The second-order valence-corrected chi connectivity index (χ2v) is 11.6. The number of esters is 1. The lowest BCUT2D eigenvalue weighted by Crippen LogP contribution is -2.39. The van der Waals surface area contributed by atoms with Gasteiger partial charge in [0.2, 0.25) is 0 Å². The van der Waals surface area contributed by atoms with Crippen molar-refractivity contribution in [2.75, 3.05) is 20.3 Å². The van der Waals surface area contributed by atoms with Crippen molar-refractivity contribution < 1.29 is 23.7 Å². The molecule has 1 atom stereocenters. The SMILES string of the molecule is CCOC(=O)C1=C(C)N=c2s/c(=C\c3cccc(OC)c3OCc3cccc4ccccc34)c(=O)n2[C@@H]1c1ccc(OCC)cc1. The van der Waals surface area contributed by atoms with Crippen LogP contribution < -0.4 is 29.1 Å². The largest absolute Gasteiger partial charge is 0.494 e. The van der Waals surface area contributed by atoms with Gasteiger partial charge in [-0.3, -0.25) is 9.36 Å². The van der Waals surface area contributed by atoms with E-state index in [2.05, 4.69) is 18.2 Å². The number of nitrogens with zero attached hydrogens (tertiary/aromatic N) is 2. The average molecular weight is 635 g/mol. The Morgan fingerprint density at radius 2 is 1.70 bits per heavy atom. The Labute approximate surface area is 270 Å². The molecule has 0 N–H and O–H groups in total. The number of rotatable bonds is 10. The van der Waals surface area contributed by atoms with E-state index >= 15 is 0 Å². The Balaban J connectivity index is 1.45. The van der Waals surface area contributed by atoms with E-state index in [0.29, 0.717) is 56.6 Å². The summed E-state index contributed by atoms with van der Waals surface area (Å²) in [6, 6.07) is 26.6. The van der Waals surface area contributed by atoms with Crippen LogP contribution in [0, 0.1) is 0 Å². The zero-order valence-corrected chi connectivity index (χ0v) is 26.9. The van der Waals surface area contributed by atoms with Crippen LogP contribution in [0.3, 0.4) is 0 Å². The molecule has 0 fully saturated rings. The van der Waals surface area contributed by atoms with Gasteiger partial charge < -0.3 is 18.9 Å². The number of hydrogen-bond acceptors (Lipinski definition) is 8. The van der Waals surface area contributed by atoms with Gasteiger partial charge in [-0.15, -0.1) is 0 Å². The summed E-state index contributed by atoms with van der Waals surface area (Å²) in [4.78, 5) is 32.6. The maximum atomic E-state index is 14.2. The van der Waals surface area contributed by atoms with Crippen LogP contribution in [0.1, 0.15) is 43.5 Å². The molecule has 0 bridgehead atoms. The van der Waals surface area contributed by atoms with Crippen LogP contribution >= 0.6 is 11.3 Å². The molecule has 0 aliphatic carbocycles. The van der Waals surface area contributed by atoms with Crippen LogP contribution in [0.4, 0.5) is 0 Å². The fourth-order valence-corrected chi connectivity index (χ4v) is 6.73. The molecule has 0 radical (unpaired) electrons.